The number of rotatable bonds is 2. The number of hydrogen-bond donors (Lipinski definition) is 3. The van der Waals surface area contributed by atoms with Crippen LogP contribution in [0.25, 0.3) is 11.1 Å². The third-order valence-corrected chi connectivity index (χ3v) is 4.09. The van der Waals surface area contributed by atoms with Gasteiger partial charge in [-0.05, 0) is 48.9 Å². The molecule has 3 rings (SSSR count). The Bertz CT molecular complexity index is 1070. The van der Waals surface area contributed by atoms with Crippen LogP contribution in [-0.2, 0) is 6.18 Å². The molecule has 0 saturated carbocycles. The molecule has 1 aliphatic rings. The van der Waals surface area contributed by atoms with Gasteiger partial charge in [0.15, 0.2) is 0 Å². The van der Waals surface area contributed by atoms with Gasteiger partial charge in [0, 0.05) is 11.1 Å². The molecule has 0 spiro atoms. The van der Waals surface area contributed by atoms with Gasteiger partial charge in [0.1, 0.15) is 17.7 Å². The molecule has 1 aliphatic heterocycles. The molecule has 1 atom stereocenters. The smallest absolute Gasteiger partial charge is 0.416 e. The molecule has 0 bridgehead atoms. The minimum absolute atomic E-state index is 0.0471. The van der Waals surface area contributed by atoms with Gasteiger partial charge in [-0.15, -0.1) is 5.10 Å². The van der Waals surface area contributed by atoms with Crippen LogP contribution in [0.4, 0.5) is 17.6 Å². The van der Waals surface area contributed by atoms with Gasteiger partial charge in [0.25, 0.3) is 0 Å². The second-order valence-corrected chi connectivity index (χ2v) is 6.48. The monoisotopic (exact) mass is 443 g/mol. The number of aromatic hydroxyl groups is 1. The Balaban J connectivity index is 2.14. The molecule has 1 aromatic carbocycles. The first-order chi connectivity index (χ1) is 14.0. The highest BCUT2D eigenvalue weighted by Crippen LogP contribution is 2.40. The van der Waals surface area contributed by atoms with Crippen LogP contribution in [0.15, 0.2) is 52.2 Å². The molecular weight excluding hydrogens is 430 g/mol. The first-order valence-electron chi connectivity index (χ1n) is 8.30. The first-order valence-corrected chi connectivity index (χ1v) is 8.67. The van der Waals surface area contributed by atoms with Crippen molar-refractivity contribution in [1.82, 2.24) is 10.4 Å². The summed E-state index contributed by atoms with van der Waals surface area (Å²) in [6.45, 7) is 1.55. The van der Waals surface area contributed by atoms with Crippen LogP contribution in [0.1, 0.15) is 12.5 Å². The highest BCUT2D eigenvalue weighted by molar-refractivity contribution is 6.64. The third-order valence-electron chi connectivity index (χ3n) is 3.91. The lowest BCUT2D eigenvalue weighted by atomic mass is 10.0. The molecule has 0 fully saturated rings. The Hall–Kier alpha value is -3.18. The number of amidine groups is 1. The number of nitrogens with zero attached hydrogens (tertiary/aromatic N) is 3. The van der Waals surface area contributed by atoms with Gasteiger partial charge in [-0.3, -0.25) is 0 Å². The zero-order valence-corrected chi connectivity index (χ0v) is 16.0. The SMILES string of the molecule is CC1=C/C(N)/N=C(/Cl)N/N=C\1Oc1cc(C(F)(F)F)ccc1-c1cc(F)cnc1O. The minimum atomic E-state index is -4.68. The Labute approximate surface area is 172 Å². The van der Waals surface area contributed by atoms with Crippen LogP contribution in [-0.4, -0.2) is 27.4 Å². The van der Waals surface area contributed by atoms with E-state index in [0.29, 0.717) is 11.6 Å². The fraction of sp³-hybridized carbons (Fsp3) is 0.167. The Morgan fingerprint density at radius 1 is 1.23 bits per heavy atom. The number of hydrogen-bond acceptors (Lipinski definition) is 7. The molecule has 2 heterocycles. The van der Waals surface area contributed by atoms with Crippen LogP contribution in [0, 0.1) is 5.82 Å². The zero-order valence-electron chi connectivity index (χ0n) is 15.2. The number of pyridine rings is 1. The van der Waals surface area contributed by atoms with E-state index in [1.54, 1.807) is 6.92 Å². The van der Waals surface area contributed by atoms with Gasteiger partial charge in [-0.1, -0.05) is 0 Å². The van der Waals surface area contributed by atoms with Gasteiger partial charge in [-0.25, -0.2) is 19.8 Å². The summed E-state index contributed by atoms with van der Waals surface area (Å²) in [7, 11) is 0. The van der Waals surface area contributed by atoms with Crippen LogP contribution < -0.4 is 15.9 Å². The van der Waals surface area contributed by atoms with Gasteiger partial charge in [0.05, 0.1) is 17.3 Å². The molecule has 30 heavy (non-hydrogen) atoms. The highest BCUT2D eigenvalue weighted by atomic mass is 35.5. The summed E-state index contributed by atoms with van der Waals surface area (Å²) in [5, 5.41) is 13.7. The average molecular weight is 444 g/mol. The summed E-state index contributed by atoms with van der Waals surface area (Å²) in [5.74, 6) is -1.92. The van der Waals surface area contributed by atoms with Gasteiger partial charge < -0.3 is 15.6 Å². The number of ether oxygens (including phenoxy) is 1. The zero-order chi connectivity index (χ0) is 22.1. The average Bonchev–Trinajstić information content (AvgIpc) is 2.65. The molecule has 7 nitrogen and oxygen atoms in total. The van der Waals surface area contributed by atoms with Gasteiger partial charge >= 0.3 is 6.18 Å². The molecule has 12 heteroatoms. The molecule has 0 amide bonds. The van der Waals surface area contributed by atoms with Crippen LogP contribution in [0.2, 0.25) is 0 Å². The maximum Gasteiger partial charge on any atom is 0.416 e. The summed E-state index contributed by atoms with van der Waals surface area (Å²) in [5.41, 5.74) is 7.20. The van der Waals surface area contributed by atoms with Gasteiger partial charge in [-0.2, -0.15) is 13.2 Å². The standard InChI is InChI=1S/C18H14ClF4N5O2/c1-8-4-14(24)26-17(19)28-27-16(8)30-13-5-9(18(21,22)23)2-3-11(13)12-6-10(20)7-25-15(12)29/h2-7,14H,24H2,1H3,(H,25,29)(H,26,28)/b8-4-,27-16+. The van der Waals surface area contributed by atoms with E-state index >= 15 is 0 Å². The summed E-state index contributed by atoms with van der Waals surface area (Å²) < 4.78 is 59.0. The van der Waals surface area contributed by atoms with Gasteiger partial charge in [0.2, 0.25) is 17.1 Å². The van der Waals surface area contributed by atoms with E-state index in [0.717, 1.165) is 24.4 Å². The molecule has 0 radical (unpaired) electrons. The van der Waals surface area contributed by atoms with E-state index in [-0.39, 0.29) is 28.1 Å². The second kappa shape index (κ2) is 8.28. The van der Waals surface area contributed by atoms with Crippen molar-refractivity contribution in [3.63, 3.8) is 0 Å². The normalized spacial score (nSPS) is 22.4. The van der Waals surface area contributed by atoms with Crippen molar-refractivity contribution >= 4 is 22.8 Å². The van der Waals surface area contributed by atoms with Crippen molar-refractivity contribution in [1.29, 1.82) is 0 Å². The van der Waals surface area contributed by atoms with E-state index in [9.17, 15) is 22.7 Å². The molecule has 0 aliphatic carbocycles. The minimum Gasteiger partial charge on any atom is -0.493 e. The Morgan fingerprint density at radius 3 is 2.67 bits per heavy atom. The molecule has 0 saturated heterocycles. The lowest BCUT2D eigenvalue weighted by molar-refractivity contribution is -0.137. The van der Waals surface area contributed by atoms with Crippen molar-refractivity contribution in [2.45, 2.75) is 19.3 Å². The maximum absolute atomic E-state index is 13.7. The van der Waals surface area contributed by atoms with Crippen LogP contribution >= 0.6 is 11.6 Å². The lowest BCUT2D eigenvalue weighted by Crippen LogP contribution is -2.27. The molecule has 2 aromatic rings. The molecule has 1 unspecified atom stereocenters. The fourth-order valence-corrected chi connectivity index (χ4v) is 2.71. The number of benzene rings is 1. The number of aliphatic imine (C=N–C) groups is 1. The van der Waals surface area contributed by atoms with Crippen LogP contribution in [0.5, 0.6) is 11.6 Å². The first kappa shape index (κ1) is 21.5. The largest absolute Gasteiger partial charge is 0.493 e. The van der Waals surface area contributed by atoms with Crippen LogP contribution in [0.3, 0.4) is 0 Å². The van der Waals surface area contributed by atoms with E-state index in [1.807, 2.05) is 0 Å². The van der Waals surface area contributed by atoms with Crippen molar-refractivity contribution in [2.75, 3.05) is 0 Å². The van der Waals surface area contributed by atoms with E-state index in [2.05, 4.69) is 20.5 Å². The number of nitrogens with two attached hydrogens (primary N) is 1. The number of alkyl halides is 3. The van der Waals surface area contributed by atoms with Crippen molar-refractivity contribution in [3.05, 3.63) is 53.5 Å². The predicted molar refractivity (Wildman–Crippen MR) is 103 cm³/mol. The number of aromatic nitrogens is 1. The van der Waals surface area contributed by atoms with E-state index in [1.165, 1.54) is 6.08 Å². The number of halogens is 5. The quantitative estimate of drug-likeness (QED) is 0.484. The summed E-state index contributed by atoms with van der Waals surface area (Å²) >= 11 is 5.79. The second-order valence-electron chi connectivity index (χ2n) is 6.12. The fourth-order valence-electron chi connectivity index (χ4n) is 2.55. The van der Waals surface area contributed by atoms with Crippen molar-refractivity contribution in [3.8, 4) is 22.8 Å². The molecule has 4 N–H and O–H groups in total. The lowest BCUT2D eigenvalue weighted by Gasteiger charge is -2.18. The predicted octanol–water partition coefficient (Wildman–Crippen LogP) is 3.73. The molecule has 1 aromatic heterocycles. The summed E-state index contributed by atoms with van der Waals surface area (Å²) in [4.78, 5) is 7.31. The molecule has 158 valence electrons. The van der Waals surface area contributed by atoms with Crippen molar-refractivity contribution in [2.24, 2.45) is 15.8 Å². The summed E-state index contributed by atoms with van der Waals surface area (Å²) in [6.07, 6.45) is -3.34. The van der Waals surface area contributed by atoms with Crippen molar-refractivity contribution < 1.29 is 27.4 Å². The Morgan fingerprint density at radius 2 is 1.97 bits per heavy atom. The number of nitrogens with one attached hydrogen (secondary N) is 1. The topological polar surface area (TPSA) is 105 Å². The molecular formula is C18H14ClF4N5O2. The highest BCUT2D eigenvalue weighted by Gasteiger charge is 2.32. The third kappa shape index (κ3) is 4.86. The summed E-state index contributed by atoms with van der Waals surface area (Å²) in [6, 6.07) is 3.42. The van der Waals surface area contributed by atoms with E-state index < -0.39 is 29.6 Å². The maximum atomic E-state index is 13.7. The van der Waals surface area contributed by atoms with E-state index in [4.69, 9.17) is 22.1 Å². The Kier molecular flexibility index (Phi) is 5.94. The number of hydrazone groups is 1.